The summed E-state index contributed by atoms with van der Waals surface area (Å²) in [6.45, 7) is 1.62. The number of aromatic nitrogens is 2. The van der Waals surface area contributed by atoms with Gasteiger partial charge in [-0.05, 0) is 6.92 Å². The summed E-state index contributed by atoms with van der Waals surface area (Å²) in [5.74, 6) is -0.164. The van der Waals surface area contributed by atoms with Gasteiger partial charge in [0.15, 0.2) is 5.81 Å². The Bertz CT molecular complexity index is 360. The molecule has 1 aromatic heterocycles. The molecule has 0 aliphatic heterocycles. The number of carbonyl (C=O) groups is 1. The Labute approximate surface area is 69.3 Å². The standard InChI is InChI=1S/C6H7BN3O2/c1-3-9-4(7-6(8)12)2-5(11)10-3/h2H,1H3,(H2,8,12)(H,9,10,11). The lowest BCUT2D eigenvalue weighted by molar-refractivity contribution is 0.266. The van der Waals surface area contributed by atoms with E-state index in [1.54, 1.807) is 6.92 Å². The fraction of sp³-hybridized carbons (Fsp3) is 0.167. The summed E-state index contributed by atoms with van der Waals surface area (Å²) in [6.07, 6.45) is 0. The minimum atomic E-state index is -0.618. The molecule has 0 saturated carbocycles. The van der Waals surface area contributed by atoms with Crippen LogP contribution in [0.5, 0.6) is 0 Å². The molecule has 1 heterocycles. The van der Waals surface area contributed by atoms with Crippen LogP contribution in [0.3, 0.4) is 0 Å². The third kappa shape index (κ3) is 2.23. The molecule has 0 spiro atoms. The molecule has 0 saturated heterocycles. The molecule has 1 aromatic rings. The number of H-pyrrole nitrogens is 1. The lowest BCUT2D eigenvalue weighted by Gasteiger charge is -1.95. The zero-order valence-corrected chi connectivity index (χ0v) is 6.50. The van der Waals surface area contributed by atoms with Crippen molar-refractivity contribution in [2.75, 3.05) is 0 Å². The molecule has 1 amide bonds. The Morgan fingerprint density at radius 3 is 2.92 bits per heavy atom. The van der Waals surface area contributed by atoms with Gasteiger partial charge in [-0.1, -0.05) is 0 Å². The number of primary amides is 1. The van der Waals surface area contributed by atoms with E-state index in [4.69, 9.17) is 5.73 Å². The minimum Gasteiger partial charge on any atom is -0.378 e. The molecule has 0 aliphatic carbocycles. The maximum Gasteiger partial charge on any atom is 0.296 e. The van der Waals surface area contributed by atoms with Crippen LogP contribution in [0.1, 0.15) is 5.82 Å². The van der Waals surface area contributed by atoms with Crippen molar-refractivity contribution >= 4 is 18.7 Å². The zero-order valence-electron chi connectivity index (χ0n) is 6.50. The summed E-state index contributed by atoms with van der Waals surface area (Å²) in [5.41, 5.74) is 4.86. The summed E-state index contributed by atoms with van der Waals surface area (Å²) in [7, 11) is 1.10. The maximum absolute atomic E-state index is 10.8. The summed E-state index contributed by atoms with van der Waals surface area (Å²) in [6, 6.07) is 1.21. The number of hydrogen-bond donors (Lipinski definition) is 2. The van der Waals surface area contributed by atoms with Crippen molar-refractivity contribution in [3.63, 3.8) is 0 Å². The van der Waals surface area contributed by atoms with E-state index in [-0.39, 0.29) is 11.2 Å². The molecule has 12 heavy (non-hydrogen) atoms. The van der Waals surface area contributed by atoms with Gasteiger partial charge in [0.2, 0.25) is 5.56 Å². The Kier molecular flexibility index (Phi) is 2.28. The van der Waals surface area contributed by atoms with E-state index in [0.717, 1.165) is 7.28 Å². The van der Waals surface area contributed by atoms with Gasteiger partial charge < -0.3 is 10.7 Å². The lowest BCUT2D eigenvalue weighted by atomic mass is 9.73. The molecule has 0 aliphatic rings. The highest BCUT2D eigenvalue weighted by Gasteiger charge is 2.04. The van der Waals surface area contributed by atoms with Crippen molar-refractivity contribution in [1.29, 1.82) is 0 Å². The number of aromatic amines is 1. The van der Waals surface area contributed by atoms with E-state index in [0.29, 0.717) is 5.82 Å². The monoisotopic (exact) mass is 164 g/mol. The molecule has 1 rings (SSSR count). The van der Waals surface area contributed by atoms with Crippen molar-refractivity contribution in [2.24, 2.45) is 5.73 Å². The first-order valence-electron chi connectivity index (χ1n) is 3.30. The molecule has 0 fully saturated rings. The van der Waals surface area contributed by atoms with Crippen LogP contribution in [0.2, 0.25) is 0 Å². The number of nitrogens with zero attached hydrogens (tertiary/aromatic N) is 1. The van der Waals surface area contributed by atoms with Crippen LogP contribution in [-0.2, 0) is 0 Å². The van der Waals surface area contributed by atoms with E-state index in [1.807, 2.05) is 0 Å². The summed E-state index contributed by atoms with van der Waals surface area (Å²) in [4.78, 5) is 27.5. The molecule has 5 nitrogen and oxygen atoms in total. The highest BCUT2D eigenvalue weighted by atomic mass is 16.1. The number of carbonyl (C=O) groups excluding carboxylic acids is 1. The fourth-order valence-electron chi connectivity index (χ4n) is 0.822. The van der Waals surface area contributed by atoms with Gasteiger partial charge in [-0.15, -0.1) is 0 Å². The SMILES string of the molecule is Cc1nc([B]C(N)=O)cc(=O)[nH]1. The molecule has 3 N–H and O–H groups in total. The molecule has 61 valence electrons. The Balaban J connectivity index is 3.01. The number of nitrogens with two attached hydrogens (primary N) is 1. The largest absolute Gasteiger partial charge is 0.378 e. The van der Waals surface area contributed by atoms with Gasteiger partial charge >= 0.3 is 0 Å². The number of aryl methyl sites for hydroxylation is 1. The smallest absolute Gasteiger partial charge is 0.296 e. The molecular weight excluding hydrogens is 157 g/mol. The Morgan fingerprint density at radius 2 is 2.42 bits per heavy atom. The van der Waals surface area contributed by atoms with Gasteiger partial charge in [0, 0.05) is 11.7 Å². The van der Waals surface area contributed by atoms with Crippen molar-refractivity contribution in [1.82, 2.24) is 9.97 Å². The van der Waals surface area contributed by atoms with E-state index >= 15 is 0 Å². The predicted molar refractivity (Wildman–Crippen MR) is 44.6 cm³/mol. The highest BCUT2D eigenvalue weighted by molar-refractivity contribution is 6.83. The van der Waals surface area contributed by atoms with Gasteiger partial charge in [-0.25, -0.2) is 0 Å². The number of rotatable bonds is 2. The van der Waals surface area contributed by atoms with Crippen molar-refractivity contribution in [3.8, 4) is 0 Å². The van der Waals surface area contributed by atoms with Crippen LogP contribution in [0.15, 0.2) is 10.9 Å². The predicted octanol–water partition coefficient (Wildman–Crippen LogP) is -1.51. The first-order valence-corrected chi connectivity index (χ1v) is 3.30. The molecule has 0 aromatic carbocycles. The first-order chi connectivity index (χ1) is 5.58. The van der Waals surface area contributed by atoms with E-state index in [2.05, 4.69) is 9.97 Å². The molecule has 1 radical (unpaired) electrons. The molecular formula is C6H7BN3O2. The second-order valence-corrected chi connectivity index (χ2v) is 2.30. The topological polar surface area (TPSA) is 88.8 Å². The van der Waals surface area contributed by atoms with Gasteiger partial charge in [-0.2, -0.15) is 0 Å². The second-order valence-electron chi connectivity index (χ2n) is 2.30. The van der Waals surface area contributed by atoms with E-state index < -0.39 is 5.81 Å². The van der Waals surface area contributed by atoms with Crippen LogP contribution in [-0.4, -0.2) is 23.1 Å². The summed E-state index contributed by atoms with van der Waals surface area (Å²) in [5, 5.41) is 0. The summed E-state index contributed by atoms with van der Waals surface area (Å²) >= 11 is 0. The average Bonchev–Trinajstić information content (AvgIpc) is 1.81. The van der Waals surface area contributed by atoms with Crippen LogP contribution in [0.4, 0.5) is 4.79 Å². The van der Waals surface area contributed by atoms with Crippen molar-refractivity contribution in [2.45, 2.75) is 6.92 Å². The van der Waals surface area contributed by atoms with Crippen LogP contribution in [0.25, 0.3) is 0 Å². The zero-order chi connectivity index (χ0) is 9.14. The Morgan fingerprint density at radius 1 is 1.75 bits per heavy atom. The third-order valence-electron chi connectivity index (χ3n) is 1.17. The van der Waals surface area contributed by atoms with Gasteiger partial charge in [-0.3, -0.25) is 14.6 Å². The average molecular weight is 164 g/mol. The molecule has 0 atom stereocenters. The minimum absolute atomic E-state index is 0.281. The van der Waals surface area contributed by atoms with E-state index in [9.17, 15) is 9.59 Å². The van der Waals surface area contributed by atoms with Crippen LogP contribution < -0.4 is 16.9 Å². The number of amides is 1. The van der Waals surface area contributed by atoms with Crippen LogP contribution >= 0.6 is 0 Å². The van der Waals surface area contributed by atoms with Gasteiger partial charge in [0.05, 0.1) is 0 Å². The van der Waals surface area contributed by atoms with Crippen LogP contribution in [0, 0.1) is 6.92 Å². The highest BCUT2D eigenvalue weighted by Crippen LogP contribution is 1.74. The summed E-state index contributed by atoms with van der Waals surface area (Å²) < 4.78 is 0. The quantitative estimate of drug-likeness (QED) is 0.520. The molecule has 6 heteroatoms. The van der Waals surface area contributed by atoms with Crippen molar-refractivity contribution in [3.05, 3.63) is 22.2 Å². The number of hydrogen-bond acceptors (Lipinski definition) is 3. The Hall–Kier alpha value is -1.59. The normalized spacial score (nSPS) is 9.42. The maximum atomic E-state index is 10.8. The molecule has 0 unspecified atom stereocenters. The number of nitrogens with one attached hydrogen (secondary N) is 1. The van der Waals surface area contributed by atoms with E-state index in [1.165, 1.54) is 6.07 Å². The fourth-order valence-corrected chi connectivity index (χ4v) is 0.822. The third-order valence-corrected chi connectivity index (χ3v) is 1.17. The van der Waals surface area contributed by atoms with Gasteiger partial charge in [0.25, 0.3) is 7.28 Å². The lowest BCUT2D eigenvalue weighted by Crippen LogP contribution is -2.34. The van der Waals surface area contributed by atoms with Crippen molar-refractivity contribution < 1.29 is 4.79 Å². The first kappa shape index (κ1) is 8.51. The second kappa shape index (κ2) is 3.21. The van der Waals surface area contributed by atoms with Gasteiger partial charge in [0.1, 0.15) is 5.82 Å². The molecule has 0 bridgehead atoms.